The molecular formula is C52H36N2. The van der Waals surface area contributed by atoms with Crippen LogP contribution in [-0.2, 0) is 0 Å². The molecule has 0 saturated carbocycles. The molecule has 2 heteroatoms. The first-order chi connectivity index (χ1) is 26.8. The normalized spacial score (nSPS) is 16.0. The summed E-state index contributed by atoms with van der Waals surface area (Å²) in [7, 11) is 0. The average molecular weight is 689 g/mol. The number of hydrogen-bond donors (Lipinski definition) is 2. The first kappa shape index (κ1) is 30.8. The molecule has 1 heterocycles. The summed E-state index contributed by atoms with van der Waals surface area (Å²) in [5, 5.41) is 23.3. The Kier molecular flexibility index (Phi) is 7.11. The lowest BCUT2D eigenvalue weighted by molar-refractivity contribution is 0.448. The quantitative estimate of drug-likeness (QED) is 0.142. The summed E-state index contributed by atoms with van der Waals surface area (Å²) in [5.41, 5.74) is 7.30. The van der Waals surface area contributed by atoms with Crippen molar-refractivity contribution in [1.82, 2.24) is 10.6 Å². The van der Waals surface area contributed by atoms with Crippen molar-refractivity contribution in [3.63, 3.8) is 0 Å². The predicted molar refractivity (Wildman–Crippen MR) is 230 cm³/mol. The summed E-state index contributed by atoms with van der Waals surface area (Å²) in [6.45, 7) is 0. The van der Waals surface area contributed by atoms with Crippen LogP contribution in [-0.4, -0.2) is 0 Å². The van der Waals surface area contributed by atoms with Gasteiger partial charge in [-0.25, -0.2) is 0 Å². The van der Waals surface area contributed by atoms with Gasteiger partial charge in [0, 0.05) is 16.8 Å². The van der Waals surface area contributed by atoms with Crippen LogP contribution in [0.2, 0.25) is 0 Å². The van der Waals surface area contributed by atoms with Gasteiger partial charge in [-0.15, -0.1) is 0 Å². The SMILES string of the molecule is C1=C(c2c3ccccc3cc3c2ccc2ccccc23)NC(c2c3ccccc3cc3c2ccc2ccccc23)NC1c1ccc(-c2ccccc2)cc1. The first-order valence-electron chi connectivity index (χ1n) is 18.8. The topological polar surface area (TPSA) is 24.1 Å². The second-order valence-corrected chi connectivity index (χ2v) is 14.5. The molecule has 10 aromatic carbocycles. The minimum Gasteiger partial charge on any atom is -0.366 e. The minimum absolute atomic E-state index is 0.0555. The number of benzene rings is 10. The molecule has 2 atom stereocenters. The predicted octanol–water partition coefficient (Wildman–Crippen LogP) is 13.2. The fourth-order valence-electron chi connectivity index (χ4n) is 8.93. The molecule has 2 nitrogen and oxygen atoms in total. The molecule has 0 fully saturated rings. The van der Waals surface area contributed by atoms with Crippen LogP contribution in [0, 0.1) is 0 Å². The smallest absolute Gasteiger partial charge is 0.105 e. The standard InChI is InChI=1S/C52H36N2/c1-2-12-33(13-3-1)34-22-24-37(25-23-34)48-32-49(50-42-20-10-6-16-38(42)30-46-40-18-8-4-14-35(40)26-28-44(46)50)54-52(53-48)51-43-21-11-7-17-39(43)31-47-41-19-9-5-15-36(41)27-29-45(47)51/h1-32,48,52-54H. The van der Waals surface area contributed by atoms with E-state index >= 15 is 0 Å². The van der Waals surface area contributed by atoms with Gasteiger partial charge in [0.05, 0.1) is 6.04 Å². The minimum atomic E-state index is -0.187. The van der Waals surface area contributed by atoms with Crippen molar-refractivity contribution in [2.75, 3.05) is 0 Å². The maximum atomic E-state index is 4.14. The van der Waals surface area contributed by atoms with E-state index in [1.54, 1.807) is 0 Å². The van der Waals surface area contributed by atoms with Gasteiger partial charge >= 0.3 is 0 Å². The molecule has 10 aromatic rings. The van der Waals surface area contributed by atoms with E-state index in [2.05, 4.69) is 205 Å². The number of rotatable bonds is 4. The Labute approximate surface area is 314 Å². The van der Waals surface area contributed by atoms with Crippen LogP contribution in [0.4, 0.5) is 0 Å². The maximum Gasteiger partial charge on any atom is 0.105 e. The third-order valence-corrected chi connectivity index (χ3v) is 11.5. The molecule has 1 aliphatic heterocycles. The Morgan fingerprint density at radius 2 is 0.870 bits per heavy atom. The molecule has 0 amide bonds. The molecule has 0 bridgehead atoms. The van der Waals surface area contributed by atoms with E-state index in [1.165, 1.54) is 92.5 Å². The zero-order chi connectivity index (χ0) is 35.6. The third kappa shape index (κ3) is 4.99. The van der Waals surface area contributed by atoms with Crippen molar-refractivity contribution in [2.24, 2.45) is 0 Å². The van der Waals surface area contributed by atoms with Crippen molar-refractivity contribution in [2.45, 2.75) is 12.2 Å². The number of hydrogen-bond acceptors (Lipinski definition) is 2. The summed E-state index contributed by atoms with van der Waals surface area (Å²) in [6, 6.07) is 68.8. The van der Waals surface area contributed by atoms with Crippen molar-refractivity contribution in [1.29, 1.82) is 0 Å². The van der Waals surface area contributed by atoms with Gasteiger partial charge in [-0.2, -0.15) is 0 Å². The largest absolute Gasteiger partial charge is 0.366 e. The van der Waals surface area contributed by atoms with Gasteiger partial charge in [-0.3, -0.25) is 5.32 Å². The van der Waals surface area contributed by atoms with Crippen LogP contribution in [0.5, 0.6) is 0 Å². The number of fused-ring (bicyclic) bond motifs is 8. The molecule has 2 N–H and O–H groups in total. The van der Waals surface area contributed by atoms with E-state index in [4.69, 9.17) is 0 Å². The van der Waals surface area contributed by atoms with Crippen molar-refractivity contribution in [3.05, 3.63) is 211 Å². The van der Waals surface area contributed by atoms with Gasteiger partial charge < -0.3 is 5.32 Å². The zero-order valence-electron chi connectivity index (χ0n) is 29.6. The van der Waals surface area contributed by atoms with E-state index in [9.17, 15) is 0 Å². The average Bonchev–Trinajstić information content (AvgIpc) is 3.25. The van der Waals surface area contributed by atoms with Gasteiger partial charge in [0.2, 0.25) is 0 Å². The van der Waals surface area contributed by atoms with E-state index in [0.717, 1.165) is 5.70 Å². The van der Waals surface area contributed by atoms with Gasteiger partial charge in [-0.05, 0) is 99.5 Å². The fraction of sp³-hybridized carbons (Fsp3) is 0.0385. The van der Waals surface area contributed by atoms with E-state index in [1.807, 2.05) is 0 Å². The van der Waals surface area contributed by atoms with E-state index in [-0.39, 0.29) is 12.2 Å². The summed E-state index contributed by atoms with van der Waals surface area (Å²) in [6.07, 6.45) is 2.22. The first-order valence-corrected chi connectivity index (χ1v) is 18.8. The van der Waals surface area contributed by atoms with Gasteiger partial charge in [0.1, 0.15) is 6.17 Å². The molecule has 1 aliphatic rings. The molecule has 0 aromatic heterocycles. The highest BCUT2D eigenvalue weighted by molar-refractivity contribution is 6.18. The zero-order valence-corrected chi connectivity index (χ0v) is 29.6. The molecule has 2 unspecified atom stereocenters. The molecule has 0 radical (unpaired) electrons. The lowest BCUT2D eigenvalue weighted by Gasteiger charge is -2.35. The molecule has 254 valence electrons. The Morgan fingerprint density at radius 1 is 0.352 bits per heavy atom. The van der Waals surface area contributed by atoms with Crippen LogP contribution in [0.1, 0.15) is 28.9 Å². The lowest BCUT2D eigenvalue weighted by Crippen LogP contribution is -2.40. The van der Waals surface area contributed by atoms with Crippen molar-refractivity contribution >= 4 is 70.3 Å². The van der Waals surface area contributed by atoms with Crippen LogP contribution in [0.3, 0.4) is 0 Å². The molecular weight excluding hydrogens is 653 g/mol. The third-order valence-electron chi connectivity index (χ3n) is 11.5. The molecule has 54 heavy (non-hydrogen) atoms. The second-order valence-electron chi connectivity index (χ2n) is 14.5. The Balaban J connectivity index is 1.17. The molecule has 0 spiro atoms. The van der Waals surface area contributed by atoms with Crippen LogP contribution < -0.4 is 10.6 Å². The fourth-order valence-corrected chi connectivity index (χ4v) is 8.93. The highest BCUT2D eigenvalue weighted by Gasteiger charge is 2.29. The maximum absolute atomic E-state index is 4.14. The Morgan fingerprint density at radius 3 is 1.56 bits per heavy atom. The van der Waals surface area contributed by atoms with E-state index in [0.29, 0.717) is 0 Å². The van der Waals surface area contributed by atoms with Crippen LogP contribution in [0.25, 0.3) is 81.5 Å². The van der Waals surface area contributed by atoms with Gasteiger partial charge in [-0.1, -0.05) is 176 Å². The Bertz CT molecular complexity index is 3100. The molecule has 0 aliphatic carbocycles. The van der Waals surface area contributed by atoms with Gasteiger partial charge in [0.15, 0.2) is 0 Å². The Hall–Kier alpha value is -6.74. The second kappa shape index (κ2) is 12.4. The highest BCUT2D eigenvalue weighted by atomic mass is 15.2. The highest BCUT2D eigenvalue weighted by Crippen LogP contribution is 2.42. The summed E-state index contributed by atoms with van der Waals surface area (Å²) >= 11 is 0. The summed E-state index contributed by atoms with van der Waals surface area (Å²) in [5.74, 6) is 0. The van der Waals surface area contributed by atoms with Gasteiger partial charge in [0.25, 0.3) is 0 Å². The molecule has 11 rings (SSSR count). The van der Waals surface area contributed by atoms with Crippen LogP contribution in [0.15, 0.2) is 194 Å². The van der Waals surface area contributed by atoms with E-state index < -0.39 is 0 Å². The monoisotopic (exact) mass is 688 g/mol. The van der Waals surface area contributed by atoms with Crippen LogP contribution >= 0.6 is 0 Å². The van der Waals surface area contributed by atoms with Crippen molar-refractivity contribution < 1.29 is 0 Å². The number of nitrogens with one attached hydrogen (secondary N) is 2. The molecule has 0 saturated heterocycles. The lowest BCUT2D eigenvalue weighted by atomic mass is 9.88. The van der Waals surface area contributed by atoms with Crippen molar-refractivity contribution in [3.8, 4) is 11.1 Å². The summed E-state index contributed by atoms with van der Waals surface area (Å²) in [4.78, 5) is 0. The summed E-state index contributed by atoms with van der Waals surface area (Å²) < 4.78 is 0.